The Balaban J connectivity index is 4.25. The predicted molar refractivity (Wildman–Crippen MR) is 62.3 cm³/mol. The van der Waals surface area contributed by atoms with Crippen molar-refractivity contribution in [1.29, 1.82) is 0 Å². The zero-order valence-corrected chi connectivity index (χ0v) is 11.6. The highest BCUT2D eigenvalue weighted by Gasteiger charge is 2.34. The molecular formula is C10H20F3O4P. The maximum Gasteiger partial charge on any atom is 0.522 e. The molecule has 18 heavy (non-hydrogen) atoms. The van der Waals surface area contributed by atoms with E-state index in [1.54, 1.807) is 13.8 Å². The third kappa shape index (κ3) is 9.88. The zero-order valence-electron chi connectivity index (χ0n) is 10.7. The van der Waals surface area contributed by atoms with E-state index < -0.39 is 19.9 Å². The van der Waals surface area contributed by atoms with Gasteiger partial charge in [0.1, 0.15) is 13.5 Å². The van der Waals surface area contributed by atoms with Crippen LogP contribution in [0.3, 0.4) is 0 Å². The summed E-state index contributed by atoms with van der Waals surface area (Å²) in [7, 11) is -3.07. The molecule has 0 N–H and O–H groups in total. The van der Waals surface area contributed by atoms with Gasteiger partial charge < -0.3 is 14.0 Å². The van der Waals surface area contributed by atoms with Crippen molar-refractivity contribution in [2.24, 2.45) is 0 Å². The van der Waals surface area contributed by atoms with Crippen LogP contribution in [0.4, 0.5) is 13.2 Å². The Hall–Kier alpha value is -0.100. The fourth-order valence-corrected chi connectivity index (χ4v) is 2.97. The quantitative estimate of drug-likeness (QED) is 0.459. The van der Waals surface area contributed by atoms with Crippen molar-refractivity contribution in [2.75, 3.05) is 45.1 Å². The van der Waals surface area contributed by atoms with Gasteiger partial charge in [-0.25, -0.2) is 0 Å². The molecule has 0 unspecified atom stereocenters. The molecule has 0 aliphatic carbocycles. The van der Waals surface area contributed by atoms with Crippen molar-refractivity contribution in [1.82, 2.24) is 0 Å². The van der Waals surface area contributed by atoms with E-state index in [1.807, 2.05) is 0 Å². The molecule has 0 saturated carbocycles. The minimum absolute atomic E-state index is 0.0734. The second kappa shape index (κ2) is 8.91. The normalized spacial score (nSPS) is 12.9. The molecule has 0 aromatic carbocycles. The third-order valence-corrected chi connectivity index (χ3v) is 4.75. The number of rotatable bonds is 10. The molecular weight excluding hydrogens is 272 g/mol. The number of halogens is 3. The maximum atomic E-state index is 12.2. The highest BCUT2D eigenvalue weighted by molar-refractivity contribution is 7.63. The summed E-state index contributed by atoms with van der Waals surface area (Å²) >= 11 is 0. The first kappa shape index (κ1) is 17.9. The van der Waals surface area contributed by atoms with Gasteiger partial charge in [-0.05, 0) is 13.8 Å². The summed E-state index contributed by atoms with van der Waals surface area (Å²) in [5, 5.41) is 0. The van der Waals surface area contributed by atoms with Crippen molar-refractivity contribution in [2.45, 2.75) is 20.2 Å². The minimum atomic E-state index is -4.76. The third-order valence-electron chi connectivity index (χ3n) is 2.16. The lowest BCUT2D eigenvalue weighted by atomic mass is 10.8. The van der Waals surface area contributed by atoms with Crippen LogP contribution < -0.4 is 0 Å². The van der Waals surface area contributed by atoms with Crippen LogP contribution in [-0.2, 0) is 18.8 Å². The molecule has 0 heterocycles. The topological polar surface area (TPSA) is 44.8 Å². The summed E-state index contributed by atoms with van der Waals surface area (Å²) in [6.45, 7) is 4.73. The van der Waals surface area contributed by atoms with Gasteiger partial charge in [-0.1, -0.05) is 0 Å². The largest absolute Gasteiger partial charge is 0.522 e. The Bertz CT molecular complexity index is 244. The Morgan fingerprint density at radius 2 is 1.44 bits per heavy atom. The molecule has 0 amide bonds. The van der Waals surface area contributed by atoms with Gasteiger partial charge in [0.25, 0.3) is 0 Å². The standard InChI is InChI=1S/C10H20F3O4P/c1-3-15-5-7-18(14,8-6-16-4-2)9-17-10(11,12)13/h3-9H2,1-2H3. The van der Waals surface area contributed by atoms with E-state index in [0.717, 1.165) is 0 Å². The second-order valence-electron chi connectivity index (χ2n) is 3.62. The van der Waals surface area contributed by atoms with Gasteiger partial charge in [-0.2, -0.15) is 0 Å². The number of ether oxygens (including phenoxy) is 3. The molecule has 0 aliphatic rings. The van der Waals surface area contributed by atoms with Crippen molar-refractivity contribution in [3.05, 3.63) is 0 Å². The Morgan fingerprint density at radius 1 is 1.00 bits per heavy atom. The molecule has 0 atom stereocenters. The van der Waals surface area contributed by atoms with Crippen LogP contribution in [0.25, 0.3) is 0 Å². The maximum absolute atomic E-state index is 12.2. The summed E-state index contributed by atoms with van der Waals surface area (Å²) in [4.78, 5) is 0. The van der Waals surface area contributed by atoms with Gasteiger partial charge in [0.05, 0.1) is 13.2 Å². The van der Waals surface area contributed by atoms with Crippen LogP contribution in [0.1, 0.15) is 13.8 Å². The summed E-state index contributed by atoms with van der Waals surface area (Å²) in [6.07, 6.45) is -5.42. The molecule has 0 rings (SSSR count). The highest BCUT2D eigenvalue weighted by atomic mass is 31.2. The number of alkyl halides is 3. The van der Waals surface area contributed by atoms with E-state index in [1.165, 1.54) is 0 Å². The molecule has 0 aromatic rings. The van der Waals surface area contributed by atoms with E-state index in [4.69, 9.17) is 9.47 Å². The van der Waals surface area contributed by atoms with Gasteiger partial charge in [-0.3, -0.25) is 4.74 Å². The Morgan fingerprint density at radius 3 is 1.78 bits per heavy atom. The molecule has 0 fully saturated rings. The summed E-state index contributed by atoms with van der Waals surface area (Å²) in [6, 6.07) is 0. The predicted octanol–water partition coefficient (Wildman–Crippen LogP) is 2.92. The lowest BCUT2D eigenvalue weighted by Gasteiger charge is -2.19. The average molecular weight is 292 g/mol. The molecule has 0 aromatic heterocycles. The van der Waals surface area contributed by atoms with Gasteiger partial charge in [-0.15, -0.1) is 13.2 Å². The first-order valence-corrected chi connectivity index (χ1v) is 8.02. The Labute approximate surface area is 105 Å². The zero-order chi connectivity index (χ0) is 14.1. The van der Waals surface area contributed by atoms with Crippen LogP contribution in [0.15, 0.2) is 0 Å². The van der Waals surface area contributed by atoms with Crippen LogP contribution in [0, 0.1) is 0 Å². The van der Waals surface area contributed by atoms with Crippen LogP contribution >= 0.6 is 7.14 Å². The van der Waals surface area contributed by atoms with Crippen LogP contribution in [0.5, 0.6) is 0 Å². The van der Waals surface area contributed by atoms with Crippen molar-refractivity contribution < 1.29 is 31.9 Å². The Kier molecular flexibility index (Phi) is 8.86. The lowest BCUT2D eigenvalue weighted by molar-refractivity contribution is -0.316. The average Bonchev–Trinajstić information content (AvgIpc) is 2.27. The van der Waals surface area contributed by atoms with E-state index in [0.29, 0.717) is 13.2 Å². The van der Waals surface area contributed by atoms with Crippen molar-refractivity contribution in [3.8, 4) is 0 Å². The minimum Gasteiger partial charge on any atom is -0.381 e. The van der Waals surface area contributed by atoms with Crippen LogP contribution in [0.2, 0.25) is 0 Å². The molecule has 110 valence electrons. The fourth-order valence-electron chi connectivity index (χ4n) is 1.18. The monoisotopic (exact) mass is 292 g/mol. The molecule has 8 heteroatoms. The van der Waals surface area contributed by atoms with E-state index in [9.17, 15) is 17.7 Å². The van der Waals surface area contributed by atoms with E-state index >= 15 is 0 Å². The van der Waals surface area contributed by atoms with Gasteiger partial charge in [0, 0.05) is 25.5 Å². The van der Waals surface area contributed by atoms with Crippen molar-refractivity contribution >= 4 is 7.14 Å². The van der Waals surface area contributed by atoms with Gasteiger partial charge >= 0.3 is 6.36 Å². The molecule has 0 radical (unpaired) electrons. The van der Waals surface area contributed by atoms with Crippen LogP contribution in [-0.4, -0.2) is 51.5 Å². The first-order chi connectivity index (χ1) is 8.33. The molecule has 0 aliphatic heterocycles. The number of hydrogen-bond donors (Lipinski definition) is 0. The SMILES string of the molecule is CCOCCP(=O)(CCOCC)COC(F)(F)F. The first-order valence-electron chi connectivity index (χ1n) is 5.76. The smallest absolute Gasteiger partial charge is 0.381 e. The number of hydrogen-bond acceptors (Lipinski definition) is 4. The second-order valence-corrected chi connectivity index (χ2v) is 6.89. The fraction of sp³-hybridized carbons (Fsp3) is 1.00. The molecule has 0 bridgehead atoms. The lowest BCUT2D eigenvalue weighted by Crippen LogP contribution is -2.18. The van der Waals surface area contributed by atoms with Gasteiger partial charge in [0.15, 0.2) is 0 Å². The van der Waals surface area contributed by atoms with E-state index in [2.05, 4.69) is 4.74 Å². The molecule has 4 nitrogen and oxygen atoms in total. The van der Waals surface area contributed by atoms with E-state index in [-0.39, 0.29) is 25.5 Å². The summed E-state index contributed by atoms with van der Waals surface area (Å²) in [5.74, 6) is 0. The van der Waals surface area contributed by atoms with Crippen molar-refractivity contribution in [3.63, 3.8) is 0 Å². The summed E-state index contributed by atoms with van der Waals surface area (Å²) in [5.41, 5.74) is 0. The van der Waals surface area contributed by atoms with Gasteiger partial charge in [0.2, 0.25) is 0 Å². The molecule has 0 saturated heterocycles. The molecule has 0 spiro atoms. The highest BCUT2D eigenvalue weighted by Crippen LogP contribution is 2.46. The summed E-state index contributed by atoms with van der Waals surface area (Å²) < 4.78 is 61.8.